The maximum atomic E-state index is 11.9. The number of methoxy groups -OCH3 is 1. The molecule has 0 spiro atoms. The normalized spacial score (nSPS) is 12.2. The zero-order valence-corrected chi connectivity index (χ0v) is 20.2. The lowest BCUT2D eigenvalue weighted by Gasteiger charge is -2.08. The van der Waals surface area contributed by atoms with Gasteiger partial charge in [0.2, 0.25) is 6.79 Å². The lowest BCUT2D eigenvalue weighted by Crippen LogP contribution is -2.13. The van der Waals surface area contributed by atoms with Crippen molar-refractivity contribution >= 4 is 31.7 Å². The third-order valence-electron chi connectivity index (χ3n) is 4.79. The molecule has 3 aromatic carbocycles. The van der Waals surface area contributed by atoms with Crippen molar-refractivity contribution in [2.24, 2.45) is 0 Å². The Labute approximate surface area is 201 Å². The first-order chi connectivity index (χ1) is 16.5. The largest absolute Gasteiger partial charge is 0.497 e. The van der Waals surface area contributed by atoms with Crippen LogP contribution in [0.1, 0.15) is 5.56 Å². The summed E-state index contributed by atoms with van der Waals surface area (Å²) < 4.78 is 50.9. The van der Waals surface area contributed by atoms with Crippen molar-refractivity contribution in [3.05, 3.63) is 71.7 Å². The van der Waals surface area contributed by atoms with Gasteiger partial charge in [-0.3, -0.25) is 4.18 Å². The summed E-state index contributed by atoms with van der Waals surface area (Å²) in [5.74, 6) is 3.02. The first-order valence-corrected chi connectivity index (χ1v) is 12.6. The zero-order valence-electron chi connectivity index (χ0n) is 18.6. The average molecular weight is 502 g/mol. The molecule has 5 rings (SSSR count). The van der Waals surface area contributed by atoms with Gasteiger partial charge in [0.1, 0.15) is 29.4 Å². The minimum Gasteiger partial charge on any atom is -0.497 e. The van der Waals surface area contributed by atoms with E-state index in [2.05, 4.69) is 4.98 Å². The van der Waals surface area contributed by atoms with E-state index in [0.717, 1.165) is 33.0 Å². The van der Waals surface area contributed by atoms with E-state index < -0.39 is 10.1 Å². The summed E-state index contributed by atoms with van der Waals surface area (Å²) in [7, 11) is -2.16. The van der Waals surface area contributed by atoms with E-state index in [4.69, 9.17) is 23.1 Å². The Morgan fingerprint density at radius 2 is 1.68 bits per heavy atom. The van der Waals surface area contributed by atoms with Crippen LogP contribution in [-0.4, -0.2) is 40.5 Å². The van der Waals surface area contributed by atoms with Gasteiger partial charge in [0.25, 0.3) is 10.1 Å². The van der Waals surface area contributed by atoms with Gasteiger partial charge < -0.3 is 18.9 Å². The topological polar surface area (TPSA) is 93.2 Å². The molecule has 0 N–H and O–H groups in total. The average Bonchev–Trinajstić information content (AvgIpc) is 3.52. The molecule has 0 amide bonds. The van der Waals surface area contributed by atoms with Gasteiger partial charge in [0, 0.05) is 0 Å². The lowest BCUT2D eigenvalue weighted by molar-refractivity contribution is 0.175. The van der Waals surface area contributed by atoms with Crippen molar-refractivity contribution < 1.29 is 31.5 Å². The molecule has 0 radical (unpaired) electrons. The molecule has 0 atom stereocenters. The van der Waals surface area contributed by atoms with Crippen LogP contribution < -0.4 is 18.9 Å². The van der Waals surface area contributed by atoms with E-state index in [9.17, 15) is 8.42 Å². The summed E-state index contributed by atoms with van der Waals surface area (Å²) in [6.45, 7) is 2.30. The number of aromatic nitrogens is 1. The van der Waals surface area contributed by atoms with E-state index in [1.54, 1.807) is 54.8 Å². The molecule has 1 aromatic heterocycles. The minimum atomic E-state index is -3.74. The van der Waals surface area contributed by atoms with Gasteiger partial charge in [-0.25, -0.2) is 4.98 Å². The number of ether oxygens (including phenoxy) is 4. The Kier molecular flexibility index (Phi) is 7.51. The molecule has 34 heavy (non-hydrogen) atoms. The summed E-state index contributed by atoms with van der Waals surface area (Å²) in [5.41, 5.74) is 3.78. The molecule has 0 aliphatic carbocycles. The molecule has 0 fully saturated rings. The van der Waals surface area contributed by atoms with Crippen molar-refractivity contribution in [2.75, 3.05) is 27.1 Å². The second-order valence-corrected chi connectivity index (χ2v) is 9.58. The molecule has 1 aliphatic heterocycles. The fourth-order valence-corrected chi connectivity index (χ4v) is 4.71. The minimum absolute atomic E-state index is 0.0533. The van der Waals surface area contributed by atoms with Gasteiger partial charge in [0.05, 0.1) is 23.0 Å². The second kappa shape index (κ2) is 10.7. The summed E-state index contributed by atoms with van der Waals surface area (Å²) in [4.78, 5) is 4.32. The standard InChI is InChI=1S/C16H18O5S.C8H5NO2S/c1-13-3-9-16(10-4-13)22(17,18)21-12-11-20-15-7-5-14(19-2)6-8-15;1-2-6-7(11-4-10-6)8-5(1)9-3-12-8/h3-10H,11-12H2,1-2H3;1-3H,4H2. The van der Waals surface area contributed by atoms with Crippen LogP contribution in [0.15, 0.2) is 71.1 Å². The molecule has 0 saturated heterocycles. The molecule has 10 heteroatoms. The third kappa shape index (κ3) is 5.77. The molecule has 1 aliphatic rings. The predicted molar refractivity (Wildman–Crippen MR) is 129 cm³/mol. The monoisotopic (exact) mass is 501 g/mol. The van der Waals surface area contributed by atoms with Gasteiger partial charge in [0.15, 0.2) is 11.5 Å². The number of hydrogen-bond donors (Lipinski definition) is 0. The predicted octanol–water partition coefficient (Wildman–Crippen LogP) is 4.81. The molecule has 178 valence electrons. The van der Waals surface area contributed by atoms with Gasteiger partial charge in [-0.15, -0.1) is 11.3 Å². The molecule has 2 heterocycles. The zero-order chi connectivity index (χ0) is 24.0. The maximum Gasteiger partial charge on any atom is 0.297 e. The Bertz CT molecular complexity index is 1330. The Balaban J connectivity index is 0.000000189. The number of nitrogens with zero attached hydrogens (tertiary/aromatic N) is 1. The number of aryl methyl sites for hydroxylation is 1. The van der Waals surface area contributed by atoms with E-state index in [1.165, 1.54) is 12.1 Å². The van der Waals surface area contributed by atoms with Crippen molar-refractivity contribution in [2.45, 2.75) is 11.8 Å². The highest BCUT2D eigenvalue weighted by atomic mass is 32.2. The first kappa shape index (κ1) is 23.8. The van der Waals surface area contributed by atoms with Crippen LogP contribution in [0.3, 0.4) is 0 Å². The van der Waals surface area contributed by atoms with Crippen molar-refractivity contribution in [3.63, 3.8) is 0 Å². The van der Waals surface area contributed by atoms with Crippen molar-refractivity contribution in [1.82, 2.24) is 4.98 Å². The number of thiazole rings is 1. The van der Waals surface area contributed by atoms with Gasteiger partial charge >= 0.3 is 0 Å². The fraction of sp³-hybridized carbons (Fsp3) is 0.208. The molecule has 0 bridgehead atoms. The molecule has 0 saturated carbocycles. The van der Waals surface area contributed by atoms with E-state index in [-0.39, 0.29) is 18.1 Å². The number of hydrogen-bond acceptors (Lipinski definition) is 9. The van der Waals surface area contributed by atoms with Gasteiger partial charge in [-0.2, -0.15) is 8.42 Å². The highest BCUT2D eigenvalue weighted by Crippen LogP contribution is 2.40. The summed E-state index contributed by atoms with van der Waals surface area (Å²) in [5, 5.41) is 0. The Hall–Kier alpha value is -3.34. The highest BCUT2D eigenvalue weighted by Gasteiger charge is 2.17. The van der Waals surface area contributed by atoms with E-state index >= 15 is 0 Å². The van der Waals surface area contributed by atoms with Crippen molar-refractivity contribution in [1.29, 1.82) is 0 Å². The van der Waals surface area contributed by atoms with E-state index in [1.807, 2.05) is 24.6 Å². The summed E-state index contributed by atoms with van der Waals surface area (Å²) in [6.07, 6.45) is 0. The smallest absolute Gasteiger partial charge is 0.297 e. The summed E-state index contributed by atoms with van der Waals surface area (Å²) >= 11 is 1.58. The van der Waals surface area contributed by atoms with Crippen molar-refractivity contribution in [3.8, 4) is 23.0 Å². The second-order valence-electron chi connectivity index (χ2n) is 7.11. The molecule has 0 unspecified atom stereocenters. The molecule has 8 nitrogen and oxygen atoms in total. The van der Waals surface area contributed by atoms with Crippen LogP contribution >= 0.6 is 11.3 Å². The SMILES string of the molecule is COc1ccc(OCCOS(=O)(=O)c2ccc(C)cc2)cc1.c1nc2ccc3c(c2s1)OCO3. The maximum absolute atomic E-state index is 11.9. The van der Waals surface area contributed by atoms with Crippen LogP contribution in [0, 0.1) is 6.92 Å². The van der Waals surface area contributed by atoms with Crippen LogP contribution in [0.2, 0.25) is 0 Å². The van der Waals surface area contributed by atoms with Gasteiger partial charge in [-0.1, -0.05) is 17.7 Å². The van der Waals surface area contributed by atoms with Crippen LogP contribution in [0.25, 0.3) is 10.2 Å². The number of rotatable bonds is 7. The number of benzene rings is 3. The fourth-order valence-electron chi connectivity index (χ4n) is 3.04. The molecular formula is C24H23NO7S2. The Morgan fingerprint density at radius 1 is 0.941 bits per heavy atom. The molecule has 4 aromatic rings. The van der Waals surface area contributed by atoms with E-state index in [0.29, 0.717) is 12.5 Å². The lowest BCUT2D eigenvalue weighted by atomic mass is 10.2. The van der Waals surface area contributed by atoms with Crippen LogP contribution in [0.4, 0.5) is 0 Å². The molecular weight excluding hydrogens is 478 g/mol. The van der Waals surface area contributed by atoms with Crippen LogP contribution in [0.5, 0.6) is 23.0 Å². The Morgan fingerprint density at radius 3 is 2.41 bits per heavy atom. The third-order valence-corrected chi connectivity index (χ3v) is 6.96. The first-order valence-electron chi connectivity index (χ1n) is 10.3. The quantitative estimate of drug-likeness (QED) is 0.263. The highest BCUT2D eigenvalue weighted by molar-refractivity contribution is 7.86. The van der Waals surface area contributed by atoms with Crippen LogP contribution in [-0.2, 0) is 14.3 Å². The number of fused-ring (bicyclic) bond motifs is 3. The summed E-state index contributed by atoms with van der Waals surface area (Å²) in [6, 6.07) is 17.3. The van der Waals surface area contributed by atoms with Gasteiger partial charge in [-0.05, 0) is 55.5 Å².